The fourth-order valence-corrected chi connectivity index (χ4v) is 5.84. The van der Waals surface area contributed by atoms with Gasteiger partial charge in [0.05, 0.1) is 22.6 Å². The van der Waals surface area contributed by atoms with Crippen molar-refractivity contribution >= 4 is 33.2 Å². The number of methoxy groups -OCH3 is 1. The van der Waals surface area contributed by atoms with Gasteiger partial charge in [0.25, 0.3) is 15.7 Å². The van der Waals surface area contributed by atoms with Crippen LogP contribution >= 0.6 is 0 Å². The second-order valence-electron chi connectivity index (χ2n) is 10.4. The second-order valence-corrected chi connectivity index (χ2v) is 12.3. The van der Waals surface area contributed by atoms with Gasteiger partial charge < -0.3 is 15.0 Å². The normalized spacial score (nSPS) is 12.6. The highest BCUT2D eigenvalue weighted by Crippen LogP contribution is 2.29. The van der Waals surface area contributed by atoms with E-state index < -0.39 is 33.4 Å². The zero-order chi connectivity index (χ0) is 31.9. The molecule has 0 aliphatic heterocycles. The third kappa shape index (κ3) is 8.10. The van der Waals surface area contributed by atoms with Crippen LogP contribution < -0.4 is 14.4 Å². The molecular weight excluding hydrogens is 572 g/mol. The molecule has 0 saturated heterocycles. The van der Waals surface area contributed by atoms with E-state index in [1.54, 1.807) is 19.1 Å². The van der Waals surface area contributed by atoms with Crippen molar-refractivity contribution in [3.63, 3.8) is 0 Å². The smallest absolute Gasteiger partial charge is 0.273 e. The molecule has 0 aliphatic rings. The lowest BCUT2D eigenvalue weighted by molar-refractivity contribution is -0.385. The van der Waals surface area contributed by atoms with Gasteiger partial charge in [-0.25, -0.2) is 8.42 Å². The average Bonchev–Trinajstić information content (AvgIpc) is 2.98. The van der Waals surface area contributed by atoms with Crippen LogP contribution in [0.5, 0.6) is 5.75 Å². The van der Waals surface area contributed by atoms with E-state index in [2.05, 4.69) is 5.32 Å². The molecule has 0 radical (unpaired) electrons. The van der Waals surface area contributed by atoms with Crippen molar-refractivity contribution in [2.24, 2.45) is 0 Å². The van der Waals surface area contributed by atoms with E-state index in [4.69, 9.17) is 4.74 Å². The molecule has 0 fully saturated rings. The predicted octanol–water partition coefficient (Wildman–Crippen LogP) is 4.75. The lowest BCUT2D eigenvalue weighted by Crippen LogP contribution is -2.52. The Balaban J connectivity index is 2.09. The fourth-order valence-electron chi connectivity index (χ4n) is 4.41. The molecule has 2 atom stereocenters. The Morgan fingerprint density at radius 2 is 1.70 bits per heavy atom. The molecule has 1 N–H and O–H groups in total. The summed E-state index contributed by atoms with van der Waals surface area (Å²) in [5.74, 6) is -0.535. The number of sulfonamides is 1. The largest absolute Gasteiger partial charge is 0.497 e. The Kier molecular flexibility index (Phi) is 10.9. The van der Waals surface area contributed by atoms with Gasteiger partial charge in [0.15, 0.2) is 0 Å². The SMILES string of the molecule is CCC(C)NC(=O)C(C)N(Cc1cccc(C)c1)C(=O)CN(c1ccc(OC)cc1)S(=O)(=O)c1ccc(C)c([N+](=O)[O-])c1. The van der Waals surface area contributed by atoms with Crippen LogP contribution in [-0.4, -0.2) is 55.8 Å². The molecule has 43 heavy (non-hydrogen) atoms. The van der Waals surface area contributed by atoms with Crippen molar-refractivity contribution in [3.8, 4) is 5.75 Å². The number of nitrogens with zero attached hydrogens (tertiary/aromatic N) is 3. The number of amides is 2. The number of benzene rings is 3. The van der Waals surface area contributed by atoms with Crippen LogP contribution in [0.4, 0.5) is 11.4 Å². The molecule has 3 rings (SSSR count). The summed E-state index contributed by atoms with van der Waals surface area (Å²) in [5.41, 5.74) is 1.80. The van der Waals surface area contributed by atoms with Crippen LogP contribution in [0.1, 0.15) is 43.9 Å². The minimum atomic E-state index is -4.48. The maximum atomic E-state index is 14.1. The van der Waals surface area contributed by atoms with Gasteiger partial charge in [-0.1, -0.05) is 42.8 Å². The third-order valence-electron chi connectivity index (χ3n) is 7.21. The maximum absolute atomic E-state index is 14.1. The van der Waals surface area contributed by atoms with Gasteiger partial charge in [-0.15, -0.1) is 0 Å². The van der Waals surface area contributed by atoms with Gasteiger partial charge in [-0.3, -0.25) is 24.0 Å². The molecule has 0 aromatic heterocycles. The predicted molar refractivity (Wildman–Crippen MR) is 164 cm³/mol. The van der Waals surface area contributed by atoms with E-state index in [9.17, 15) is 28.1 Å². The van der Waals surface area contributed by atoms with Crippen LogP contribution in [0.25, 0.3) is 0 Å². The first-order valence-corrected chi connectivity index (χ1v) is 15.3. The first-order chi connectivity index (χ1) is 20.3. The number of ether oxygens (including phenoxy) is 1. The molecule has 2 amide bonds. The highest BCUT2D eigenvalue weighted by Gasteiger charge is 2.33. The summed E-state index contributed by atoms with van der Waals surface area (Å²) in [5, 5.41) is 14.5. The fraction of sp³-hybridized carbons (Fsp3) is 0.355. The molecule has 3 aromatic carbocycles. The Morgan fingerprint density at radius 1 is 1.02 bits per heavy atom. The summed E-state index contributed by atoms with van der Waals surface area (Å²) in [6, 6.07) is 16.1. The van der Waals surface area contributed by atoms with E-state index >= 15 is 0 Å². The van der Waals surface area contributed by atoms with Gasteiger partial charge in [-0.2, -0.15) is 0 Å². The lowest BCUT2D eigenvalue weighted by Gasteiger charge is -2.32. The summed E-state index contributed by atoms with van der Waals surface area (Å²) in [4.78, 5) is 39.2. The number of carbonyl (C=O) groups excluding carboxylic acids is 2. The van der Waals surface area contributed by atoms with Crippen molar-refractivity contribution < 1.29 is 27.7 Å². The number of carbonyl (C=O) groups is 2. The minimum absolute atomic E-state index is 0.0576. The van der Waals surface area contributed by atoms with Crippen molar-refractivity contribution in [2.45, 2.75) is 64.6 Å². The monoisotopic (exact) mass is 610 g/mol. The van der Waals surface area contributed by atoms with Crippen molar-refractivity contribution in [2.75, 3.05) is 18.0 Å². The van der Waals surface area contributed by atoms with E-state index in [1.807, 2.05) is 45.0 Å². The number of anilines is 1. The van der Waals surface area contributed by atoms with E-state index in [1.165, 1.54) is 43.2 Å². The highest BCUT2D eigenvalue weighted by molar-refractivity contribution is 7.92. The first kappa shape index (κ1) is 33.1. The Hall–Kier alpha value is -4.45. The van der Waals surface area contributed by atoms with E-state index in [0.29, 0.717) is 17.7 Å². The molecule has 3 aromatic rings. The molecule has 2 unspecified atom stereocenters. The van der Waals surface area contributed by atoms with Gasteiger partial charge in [0.1, 0.15) is 18.3 Å². The van der Waals surface area contributed by atoms with Gasteiger partial charge >= 0.3 is 0 Å². The molecule has 230 valence electrons. The number of hydrogen-bond acceptors (Lipinski definition) is 7. The molecule has 0 heterocycles. The van der Waals surface area contributed by atoms with Gasteiger partial charge in [-0.05, 0) is 70.0 Å². The van der Waals surface area contributed by atoms with Crippen molar-refractivity contribution in [1.29, 1.82) is 0 Å². The maximum Gasteiger partial charge on any atom is 0.273 e. The zero-order valence-corrected chi connectivity index (χ0v) is 26.1. The van der Waals surface area contributed by atoms with E-state index in [-0.39, 0.29) is 34.8 Å². The number of nitrogens with one attached hydrogen (secondary N) is 1. The highest BCUT2D eigenvalue weighted by atomic mass is 32.2. The summed E-state index contributed by atoms with van der Waals surface area (Å²) in [7, 11) is -3.02. The molecular formula is C31H38N4O7S. The summed E-state index contributed by atoms with van der Waals surface area (Å²) in [6.45, 7) is 8.20. The summed E-state index contributed by atoms with van der Waals surface area (Å²) >= 11 is 0. The standard InChI is InChI=1S/C31H38N4O7S/c1-7-23(4)32-31(37)24(5)33(19-25-10-8-9-21(2)17-25)30(36)20-34(26-12-14-27(42-6)15-13-26)43(40,41)28-16-11-22(3)29(18-28)35(38)39/h8-18,23-24H,7,19-20H2,1-6H3,(H,32,37). The van der Waals surface area contributed by atoms with Crippen LogP contribution in [0, 0.1) is 24.0 Å². The second kappa shape index (κ2) is 14.1. The Bertz CT molecular complexity index is 1580. The molecule has 0 aliphatic carbocycles. The molecule has 0 spiro atoms. The topological polar surface area (TPSA) is 139 Å². The van der Waals surface area contributed by atoms with Gasteiger partial charge in [0.2, 0.25) is 11.8 Å². The zero-order valence-electron chi connectivity index (χ0n) is 25.2. The number of aryl methyl sites for hydroxylation is 2. The van der Waals surface area contributed by atoms with Crippen LogP contribution in [0.15, 0.2) is 71.6 Å². The number of rotatable bonds is 13. The molecule has 0 saturated carbocycles. The Labute approximate surface area is 252 Å². The molecule has 0 bridgehead atoms. The van der Waals surface area contributed by atoms with Crippen molar-refractivity contribution in [3.05, 3.63) is 93.5 Å². The van der Waals surface area contributed by atoms with Gasteiger partial charge in [0, 0.05) is 24.2 Å². The lowest BCUT2D eigenvalue weighted by atomic mass is 10.1. The molecule has 11 nitrogen and oxygen atoms in total. The molecule has 12 heteroatoms. The van der Waals surface area contributed by atoms with Crippen LogP contribution in [-0.2, 0) is 26.2 Å². The summed E-state index contributed by atoms with van der Waals surface area (Å²) in [6.07, 6.45) is 0.691. The number of hydrogen-bond donors (Lipinski definition) is 1. The van der Waals surface area contributed by atoms with Crippen LogP contribution in [0.3, 0.4) is 0 Å². The summed E-state index contributed by atoms with van der Waals surface area (Å²) < 4.78 is 34.2. The number of nitro benzene ring substituents is 1. The van der Waals surface area contributed by atoms with Crippen molar-refractivity contribution in [1.82, 2.24) is 10.2 Å². The average molecular weight is 611 g/mol. The third-order valence-corrected chi connectivity index (χ3v) is 8.98. The van der Waals surface area contributed by atoms with Crippen LogP contribution in [0.2, 0.25) is 0 Å². The first-order valence-electron chi connectivity index (χ1n) is 13.9. The van der Waals surface area contributed by atoms with E-state index in [0.717, 1.165) is 21.5 Å². The quantitative estimate of drug-likeness (QED) is 0.218. The number of nitro groups is 1. The minimum Gasteiger partial charge on any atom is -0.497 e. The Morgan fingerprint density at radius 3 is 2.28 bits per heavy atom.